The van der Waals surface area contributed by atoms with Crippen LogP contribution in [0.15, 0.2) is 40.9 Å². The molecular formula is C18H14N4O4. The number of fused-ring (bicyclic) bond motifs is 1. The molecule has 0 aliphatic rings. The normalized spacial score (nSPS) is 10.3. The molecule has 0 unspecified atom stereocenters. The predicted octanol–water partition coefficient (Wildman–Crippen LogP) is 3.08. The number of anilines is 2. The molecule has 26 heavy (non-hydrogen) atoms. The highest BCUT2D eigenvalue weighted by Crippen LogP contribution is 2.24. The molecule has 130 valence electrons. The van der Waals surface area contributed by atoms with Gasteiger partial charge in [0.25, 0.3) is 5.91 Å². The van der Waals surface area contributed by atoms with E-state index >= 15 is 0 Å². The highest BCUT2D eigenvalue weighted by Gasteiger charge is 2.19. The lowest BCUT2D eigenvalue weighted by Crippen LogP contribution is -2.15. The molecule has 1 aromatic heterocycles. The first-order chi connectivity index (χ1) is 12.5. The van der Waals surface area contributed by atoms with Gasteiger partial charge in [-0.05, 0) is 43.3 Å². The second kappa shape index (κ2) is 6.94. The quantitative estimate of drug-likeness (QED) is 0.645. The summed E-state index contributed by atoms with van der Waals surface area (Å²) >= 11 is 0. The Bertz CT molecular complexity index is 1050. The Hall–Kier alpha value is -3.86. The third-order valence-electron chi connectivity index (χ3n) is 3.69. The van der Waals surface area contributed by atoms with Crippen LogP contribution in [-0.2, 0) is 0 Å². The van der Waals surface area contributed by atoms with Gasteiger partial charge in [-0.2, -0.15) is 5.26 Å². The Morgan fingerprint density at radius 2 is 2.08 bits per heavy atom. The number of nitrogens with one attached hydrogen (secondary N) is 2. The smallest absolute Gasteiger partial charge is 0.337 e. The molecule has 3 aromatic rings. The molecule has 0 spiro atoms. The molecule has 1 amide bonds. The molecule has 0 bridgehead atoms. The number of carboxylic acids is 1. The van der Waals surface area contributed by atoms with Crippen LogP contribution >= 0.6 is 0 Å². The van der Waals surface area contributed by atoms with Crippen LogP contribution in [0.3, 0.4) is 0 Å². The second-order valence-corrected chi connectivity index (χ2v) is 5.40. The van der Waals surface area contributed by atoms with E-state index in [9.17, 15) is 14.7 Å². The van der Waals surface area contributed by atoms with E-state index in [-0.39, 0.29) is 22.5 Å². The highest BCUT2D eigenvalue weighted by atomic mass is 16.5. The Morgan fingerprint density at radius 3 is 2.77 bits per heavy atom. The molecule has 0 fully saturated rings. The first kappa shape index (κ1) is 17.0. The fraction of sp³-hybridized carbons (Fsp3) is 0.111. The van der Waals surface area contributed by atoms with Crippen LogP contribution in [0.25, 0.3) is 11.0 Å². The van der Waals surface area contributed by atoms with Gasteiger partial charge < -0.3 is 20.3 Å². The maximum absolute atomic E-state index is 12.6. The Labute approximate surface area is 148 Å². The third-order valence-corrected chi connectivity index (χ3v) is 3.69. The van der Waals surface area contributed by atoms with E-state index in [0.717, 1.165) is 5.69 Å². The van der Waals surface area contributed by atoms with E-state index in [1.165, 1.54) is 18.2 Å². The van der Waals surface area contributed by atoms with Crippen molar-refractivity contribution in [2.45, 2.75) is 6.92 Å². The molecule has 3 N–H and O–H groups in total. The number of aromatic nitrogens is 1. The van der Waals surface area contributed by atoms with Gasteiger partial charge in [0.05, 0.1) is 28.3 Å². The molecule has 0 saturated heterocycles. The van der Waals surface area contributed by atoms with Crippen LogP contribution < -0.4 is 10.6 Å². The van der Waals surface area contributed by atoms with Crippen LogP contribution in [0.4, 0.5) is 11.4 Å². The summed E-state index contributed by atoms with van der Waals surface area (Å²) in [6.45, 7) is 2.66. The number of aromatic carboxylic acids is 1. The fourth-order valence-electron chi connectivity index (χ4n) is 2.50. The summed E-state index contributed by atoms with van der Waals surface area (Å²) < 4.78 is 5.16. The predicted molar refractivity (Wildman–Crippen MR) is 94.2 cm³/mol. The van der Waals surface area contributed by atoms with E-state index in [4.69, 9.17) is 9.78 Å². The third kappa shape index (κ3) is 3.18. The SMILES string of the molecule is CCNc1ccc2onc(C(=O)Nc3ccc(C#N)cc3C(=O)O)c2c1. The topological polar surface area (TPSA) is 128 Å². The number of carboxylic acid groups (broad SMARTS) is 1. The number of benzene rings is 2. The number of amides is 1. The van der Waals surface area contributed by atoms with Crippen LogP contribution in [0, 0.1) is 11.3 Å². The van der Waals surface area contributed by atoms with Crippen molar-refractivity contribution in [2.75, 3.05) is 17.2 Å². The van der Waals surface area contributed by atoms with E-state index in [1.54, 1.807) is 12.1 Å². The van der Waals surface area contributed by atoms with Gasteiger partial charge in [-0.15, -0.1) is 0 Å². The lowest BCUT2D eigenvalue weighted by atomic mass is 10.1. The lowest BCUT2D eigenvalue weighted by Gasteiger charge is -2.08. The lowest BCUT2D eigenvalue weighted by molar-refractivity contribution is 0.0698. The largest absolute Gasteiger partial charge is 0.478 e. The van der Waals surface area contributed by atoms with Gasteiger partial charge in [0, 0.05) is 12.2 Å². The summed E-state index contributed by atoms with van der Waals surface area (Å²) in [6.07, 6.45) is 0. The summed E-state index contributed by atoms with van der Waals surface area (Å²) in [5.74, 6) is -1.86. The van der Waals surface area contributed by atoms with Crippen molar-refractivity contribution in [2.24, 2.45) is 0 Å². The van der Waals surface area contributed by atoms with Crippen molar-refractivity contribution in [1.82, 2.24) is 5.16 Å². The second-order valence-electron chi connectivity index (χ2n) is 5.40. The molecule has 0 atom stereocenters. The molecule has 8 nitrogen and oxygen atoms in total. The summed E-state index contributed by atoms with van der Waals surface area (Å²) in [5.41, 5.74) is 1.36. The van der Waals surface area contributed by atoms with Gasteiger partial charge in [0.15, 0.2) is 11.3 Å². The molecule has 0 radical (unpaired) electrons. The van der Waals surface area contributed by atoms with E-state index in [0.29, 0.717) is 17.5 Å². The average Bonchev–Trinajstić information content (AvgIpc) is 3.05. The van der Waals surface area contributed by atoms with Gasteiger partial charge >= 0.3 is 5.97 Å². The highest BCUT2D eigenvalue weighted by molar-refractivity contribution is 6.12. The minimum atomic E-state index is -1.25. The van der Waals surface area contributed by atoms with Gasteiger partial charge in [0.1, 0.15) is 0 Å². The summed E-state index contributed by atoms with van der Waals surface area (Å²) in [5, 5.41) is 28.1. The Morgan fingerprint density at radius 1 is 1.27 bits per heavy atom. The van der Waals surface area contributed by atoms with Crippen molar-refractivity contribution < 1.29 is 19.2 Å². The fourth-order valence-corrected chi connectivity index (χ4v) is 2.50. The molecule has 2 aromatic carbocycles. The van der Waals surface area contributed by atoms with Gasteiger partial charge in [-0.3, -0.25) is 4.79 Å². The van der Waals surface area contributed by atoms with Crippen LogP contribution in [0.5, 0.6) is 0 Å². The standard InChI is InChI=1S/C18H14N4O4/c1-2-20-11-4-6-15-13(8-11)16(22-26-15)17(23)21-14-5-3-10(9-19)7-12(14)18(24)25/h3-8,20H,2H2,1H3,(H,21,23)(H,24,25). The van der Waals surface area contributed by atoms with E-state index < -0.39 is 11.9 Å². The molecule has 0 aliphatic heterocycles. The molecule has 1 heterocycles. The number of hydrogen-bond donors (Lipinski definition) is 3. The molecule has 0 saturated carbocycles. The molecule has 0 aliphatic carbocycles. The summed E-state index contributed by atoms with van der Waals surface area (Å²) in [4.78, 5) is 24.0. The molecular weight excluding hydrogens is 336 g/mol. The zero-order valence-electron chi connectivity index (χ0n) is 13.7. The van der Waals surface area contributed by atoms with Crippen molar-refractivity contribution in [3.63, 3.8) is 0 Å². The number of rotatable bonds is 5. The van der Waals surface area contributed by atoms with Crippen molar-refractivity contribution in [3.8, 4) is 6.07 Å². The Balaban J connectivity index is 1.96. The monoisotopic (exact) mass is 350 g/mol. The zero-order valence-corrected chi connectivity index (χ0v) is 13.7. The number of carbonyl (C=O) groups is 2. The molecule has 8 heteroatoms. The van der Waals surface area contributed by atoms with Gasteiger partial charge in [-0.25, -0.2) is 4.79 Å². The number of nitriles is 1. The first-order valence-electron chi connectivity index (χ1n) is 7.75. The number of carbonyl (C=O) groups excluding carboxylic acids is 1. The van der Waals surface area contributed by atoms with E-state index in [1.807, 2.05) is 19.1 Å². The maximum atomic E-state index is 12.6. The molecule has 3 rings (SSSR count). The van der Waals surface area contributed by atoms with Crippen LogP contribution in [-0.4, -0.2) is 28.7 Å². The minimum Gasteiger partial charge on any atom is -0.478 e. The first-order valence-corrected chi connectivity index (χ1v) is 7.75. The Kier molecular flexibility index (Phi) is 4.53. The van der Waals surface area contributed by atoms with Crippen molar-refractivity contribution >= 4 is 34.2 Å². The van der Waals surface area contributed by atoms with Crippen LogP contribution in [0.1, 0.15) is 33.3 Å². The van der Waals surface area contributed by atoms with Crippen molar-refractivity contribution in [1.29, 1.82) is 5.26 Å². The average molecular weight is 350 g/mol. The zero-order chi connectivity index (χ0) is 18.7. The summed E-state index contributed by atoms with van der Waals surface area (Å²) in [7, 11) is 0. The van der Waals surface area contributed by atoms with Gasteiger partial charge in [0.2, 0.25) is 0 Å². The van der Waals surface area contributed by atoms with Crippen LogP contribution in [0.2, 0.25) is 0 Å². The maximum Gasteiger partial charge on any atom is 0.337 e. The van der Waals surface area contributed by atoms with Crippen molar-refractivity contribution in [3.05, 3.63) is 53.2 Å². The number of hydrogen-bond acceptors (Lipinski definition) is 6. The number of nitrogens with zero attached hydrogens (tertiary/aromatic N) is 2. The minimum absolute atomic E-state index is 0.0421. The van der Waals surface area contributed by atoms with E-state index in [2.05, 4.69) is 15.8 Å². The van der Waals surface area contributed by atoms with Gasteiger partial charge in [-0.1, -0.05) is 5.16 Å². The summed E-state index contributed by atoms with van der Waals surface area (Å²) in [6, 6.07) is 11.1.